The second-order valence-electron chi connectivity index (χ2n) is 7.06. The van der Waals surface area contributed by atoms with Gasteiger partial charge in [-0.2, -0.15) is 0 Å². The minimum atomic E-state index is 0.0224. The SMILES string of the molecule is Cc1ccc(OCCCNC(=O)N2CCN(c3cccc(C)c3)CC2)cc1. The number of hydrogen-bond acceptors (Lipinski definition) is 3. The molecule has 5 heteroatoms. The van der Waals surface area contributed by atoms with Gasteiger partial charge in [-0.15, -0.1) is 0 Å². The summed E-state index contributed by atoms with van der Waals surface area (Å²) in [6.45, 7) is 8.63. The highest BCUT2D eigenvalue weighted by Gasteiger charge is 2.20. The monoisotopic (exact) mass is 367 g/mol. The number of anilines is 1. The fraction of sp³-hybridized carbons (Fsp3) is 0.409. The molecular weight excluding hydrogens is 338 g/mol. The molecule has 1 saturated heterocycles. The van der Waals surface area contributed by atoms with Gasteiger partial charge in [0.05, 0.1) is 6.61 Å². The molecule has 0 radical (unpaired) electrons. The van der Waals surface area contributed by atoms with Crippen LogP contribution in [-0.2, 0) is 0 Å². The lowest BCUT2D eigenvalue weighted by molar-refractivity contribution is 0.193. The molecule has 2 amide bonds. The number of carbonyl (C=O) groups excluding carboxylic acids is 1. The van der Waals surface area contributed by atoms with Crippen LogP contribution in [0.1, 0.15) is 17.5 Å². The maximum absolute atomic E-state index is 12.3. The summed E-state index contributed by atoms with van der Waals surface area (Å²) in [5.74, 6) is 0.874. The van der Waals surface area contributed by atoms with E-state index < -0.39 is 0 Å². The van der Waals surface area contributed by atoms with Gasteiger partial charge in [0.15, 0.2) is 0 Å². The molecule has 5 nitrogen and oxygen atoms in total. The van der Waals surface area contributed by atoms with Crippen LogP contribution in [0.15, 0.2) is 48.5 Å². The molecule has 1 heterocycles. The number of amides is 2. The van der Waals surface area contributed by atoms with Crippen LogP contribution in [0.4, 0.5) is 10.5 Å². The normalized spacial score (nSPS) is 14.1. The van der Waals surface area contributed by atoms with Gasteiger partial charge >= 0.3 is 6.03 Å². The fourth-order valence-electron chi connectivity index (χ4n) is 3.20. The first-order valence-electron chi connectivity index (χ1n) is 9.66. The van der Waals surface area contributed by atoms with Crippen LogP contribution in [-0.4, -0.2) is 50.3 Å². The van der Waals surface area contributed by atoms with Crippen molar-refractivity contribution in [2.45, 2.75) is 20.3 Å². The topological polar surface area (TPSA) is 44.8 Å². The fourth-order valence-corrected chi connectivity index (χ4v) is 3.20. The van der Waals surface area contributed by atoms with Crippen molar-refractivity contribution in [2.75, 3.05) is 44.2 Å². The Labute approximate surface area is 161 Å². The van der Waals surface area contributed by atoms with Crippen molar-refractivity contribution in [1.29, 1.82) is 0 Å². The molecule has 1 N–H and O–H groups in total. The molecule has 27 heavy (non-hydrogen) atoms. The van der Waals surface area contributed by atoms with Crippen molar-refractivity contribution in [2.24, 2.45) is 0 Å². The minimum absolute atomic E-state index is 0.0224. The third-order valence-electron chi connectivity index (χ3n) is 4.82. The van der Waals surface area contributed by atoms with Crippen molar-refractivity contribution in [1.82, 2.24) is 10.2 Å². The number of urea groups is 1. The average molecular weight is 367 g/mol. The summed E-state index contributed by atoms with van der Waals surface area (Å²) < 4.78 is 5.69. The lowest BCUT2D eigenvalue weighted by atomic mass is 10.2. The van der Waals surface area contributed by atoms with Crippen molar-refractivity contribution in [3.05, 3.63) is 59.7 Å². The van der Waals surface area contributed by atoms with Gasteiger partial charge in [0.1, 0.15) is 5.75 Å². The first-order valence-corrected chi connectivity index (χ1v) is 9.66. The third-order valence-corrected chi connectivity index (χ3v) is 4.82. The zero-order chi connectivity index (χ0) is 19.1. The minimum Gasteiger partial charge on any atom is -0.494 e. The van der Waals surface area contributed by atoms with Crippen LogP contribution >= 0.6 is 0 Å². The predicted octanol–water partition coefficient (Wildman–Crippen LogP) is 3.60. The number of benzene rings is 2. The number of carbonyl (C=O) groups is 1. The first kappa shape index (κ1) is 19.1. The van der Waals surface area contributed by atoms with E-state index >= 15 is 0 Å². The summed E-state index contributed by atoms with van der Waals surface area (Å²) in [5.41, 5.74) is 3.72. The molecule has 0 saturated carbocycles. The molecule has 0 atom stereocenters. The zero-order valence-corrected chi connectivity index (χ0v) is 16.3. The Morgan fingerprint density at radius 2 is 1.74 bits per heavy atom. The van der Waals surface area contributed by atoms with Crippen LogP contribution in [0.3, 0.4) is 0 Å². The summed E-state index contributed by atoms with van der Waals surface area (Å²) in [5, 5.41) is 3.00. The van der Waals surface area contributed by atoms with Gasteiger partial charge in [0.25, 0.3) is 0 Å². The number of nitrogens with zero attached hydrogens (tertiary/aromatic N) is 2. The molecule has 1 aliphatic heterocycles. The molecule has 0 spiro atoms. The molecule has 0 aliphatic carbocycles. The van der Waals surface area contributed by atoms with Crippen LogP contribution in [0.5, 0.6) is 5.75 Å². The standard InChI is InChI=1S/C22H29N3O2/c1-18-7-9-21(10-8-18)27-16-4-11-23-22(26)25-14-12-24(13-15-25)20-6-3-5-19(2)17-20/h3,5-10,17H,4,11-16H2,1-2H3,(H,23,26). The highest BCUT2D eigenvalue weighted by molar-refractivity contribution is 5.74. The van der Waals surface area contributed by atoms with Gasteiger partial charge in [0.2, 0.25) is 0 Å². The molecule has 1 aliphatic rings. The molecule has 2 aromatic rings. The van der Waals surface area contributed by atoms with Gasteiger partial charge in [-0.1, -0.05) is 29.8 Å². The van der Waals surface area contributed by atoms with Crippen molar-refractivity contribution >= 4 is 11.7 Å². The van der Waals surface area contributed by atoms with E-state index in [0.717, 1.165) is 38.3 Å². The Morgan fingerprint density at radius 1 is 1.00 bits per heavy atom. The Hall–Kier alpha value is -2.69. The maximum Gasteiger partial charge on any atom is 0.317 e. The quantitative estimate of drug-likeness (QED) is 0.794. The van der Waals surface area contributed by atoms with E-state index in [2.05, 4.69) is 48.3 Å². The molecule has 3 rings (SSSR count). The zero-order valence-electron chi connectivity index (χ0n) is 16.3. The Morgan fingerprint density at radius 3 is 2.44 bits per heavy atom. The largest absolute Gasteiger partial charge is 0.494 e. The third kappa shape index (κ3) is 5.64. The van der Waals surface area contributed by atoms with Crippen molar-refractivity contribution < 1.29 is 9.53 Å². The van der Waals surface area contributed by atoms with E-state index in [0.29, 0.717) is 13.2 Å². The second kappa shape index (κ2) is 9.31. The maximum atomic E-state index is 12.3. The second-order valence-corrected chi connectivity index (χ2v) is 7.06. The average Bonchev–Trinajstić information content (AvgIpc) is 2.69. The number of piperazine rings is 1. The number of ether oxygens (including phenoxy) is 1. The Bertz CT molecular complexity index is 737. The Balaban J connectivity index is 1.33. The number of rotatable bonds is 6. The van der Waals surface area contributed by atoms with Gasteiger partial charge in [-0.05, 0) is 50.1 Å². The highest BCUT2D eigenvalue weighted by atomic mass is 16.5. The smallest absolute Gasteiger partial charge is 0.317 e. The summed E-state index contributed by atoms with van der Waals surface area (Å²) >= 11 is 0. The van der Waals surface area contributed by atoms with E-state index in [9.17, 15) is 4.79 Å². The van der Waals surface area contributed by atoms with Crippen molar-refractivity contribution in [3.63, 3.8) is 0 Å². The number of nitrogens with one attached hydrogen (secondary N) is 1. The molecule has 0 bridgehead atoms. The van der Waals surface area contributed by atoms with Crippen LogP contribution in [0.25, 0.3) is 0 Å². The van der Waals surface area contributed by atoms with Crippen molar-refractivity contribution in [3.8, 4) is 5.75 Å². The van der Waals surface area contributed by atoms with E-state index in [-0.39, 0.29) is 6.03 Å². The molecule has 0 unspecified atom stereocenters. The van der Waals surface area contributed by atoms with E-state index in [1.54, 1.807) is 0 Å². The summed E-state index contributed by atoms with van der Waals surface area (Å²) in [6.07, 6.45) is 0.795. The first-order chi connectivity index (χ1) is 13.1. The summed E-state index contributed by atoms with van der Waals surface area (Å²) in [4.78, 5) is 16.6. The molecule has 2 aromatic carbocycles. The van der Waals surface area contributed by atoms with Gasteiger partial charge in [-0.25, -0.2) is 4.79 Å². The number of hydrogen-bond donors (Lipinski definition) is 1. The molecule has 1 fully saturated rings. The predicted molar refractivity (Wildman–Crippen MR) is 110 cm³/mol. The summed E-state index contributed by atoms with van der Waals surface area (Å²) in [7, 11) is 0. The van der Waals surface area contributed by atoms with Gasteiger partial charge in [-0.3, -0.25) is 0 Å². The molecule has 144 valence electrons. The van der Waals surface area contributed by atoms with E-state index in [1.807, 2.05) is 29.2 Å². The molecule has 0 aromatic heterocycles. The Kier molecular flexibility index (Phi) is 6.58. The van der Waals surface area contributed by atoms with Crippen LogP contribution in [0, 0.1) is 13.8 Å². The van der Waals surface area contributed by atoms with Gasteiger partial charge < -0.3 is 19.9 Å². The molecular formula is C22H29N3O2. The van der Waals surface area contributed by atoms with Crippen LogP contribution in [0.2, 0.25) is 0 Å². The van der Waals surface area contributed by atoms with Crippen LogP contribution < -0.4 is 15.0 Å². The number of aryl methyl sites for hydroxylation is 2. The van der Waals surface area contributed by atoms with E-state index in [4.69, 9.17) is 4.74 Å². The highest BCUT2D eigenvalue weighted by Crippen LogP contribution is 2.17. The lowest BCUT2D eigenvalue weighted by Crippen LogP contribution is -2.52. The van der Waals surface area contributed by atoms with E-state index in [1.165, 1.54) is 16.8 Å². The summed E-state index contributed by atoms with van der Waals surface area (Å²) in [6, 6.07) is 16.6. The van der Waals surface area contributed by atoms with Gasteiger partial charge in [0, 0.05) is 38.4 Å². The lowest BCUT2D eigenvalue weighted by Gasteiger charge is -2.36.